The van der Waals surface area contributed by atoms with Crippen molar-refractivity contribution in [2.24, 2.45) is 0 Å². The van der Waals surface area contributed by atoms with Crippen LogP contribution in [0.25, 0.3) is 0 Å². The van der Waals surface area contributed by atoms with E-state index in [1.807, 2.05) is 13.1 Å². The maximum Gasteiger partial charge on any atom is 0.252 e. The Morgan fingerprint density at radius 3 is 2.95 bits per heavy atom. The molecule has 118 valence electrons. The fraction of sp³-hybridized carbons (Fsp3) is 0.562. The lowest BCUT2D eigenvalue weighted by Gasteiger charge is -2.27. The summed E-state index contributed by atoms with van der Waals surface area (Å²) in [6, 6.07) is 2.04. The van der Waals surface area contributed by atoms with Crippen molar-refractivity contribution in [2.75, 3.05) is 32.1 Å². The number of hydrogen-bond acceptors (Lipinski definition) is 5. The quantitative estimate of drug-likeness (QED) is 0.777. The van der Waals surface area contributed by atoms with Crippen LogP contribution in [-0.2, 0) is 22.5 Å². The van der Waals surface area contributed by atoms with Crippen LogP contribution in [0.2, 0.25) is 0 Å². The molecule has 0 N–H and O–H groups in total. The van der Waals surface area contributed by atoms with E-state index < -0.39 is 0 Å². The van der Waals surface area contributed by atoms with Gasteiger partial charge in [-0.15, -0.1) is 0 Å². The molecule has 1 saturated heterocycles. The lowest BCUT2D eigenvalue weighted by Crippen LogP contribution is -2.31. The van der Waals surface area contributed by atoms with E-state index in [1.54, 1.807) is 12.0 Å². The Morgan fingerprint density at radius 2 is 2.27 bits per heavy atom. The van der Waals surface area contributed by atoms with Crippen molar-refractivity contribution >= 4 is 18.0 Å². The number of methoxy groups -OCH3 is 1. The Hall–Kier alpha value is -1.95. The monoisotopic (exact) mass is 303 g/mol. The third-order valence-electron chi connectivity index (χ3n) is 4.50. The maximum absolute atomic E-state index is 12.2. The summed E-state index contributed by atoms with van der Waals surface area (Å²) in [5, 5.41) is 0. The van der Waals surface area contributed by atoms with E-state index in [-0.39, 0.29) is 12.0 Å². The van der Waals surface area contributed by atoms with Gasteiger partial charge in [0.15, 0.2) is 6.29 Å². The normalized spacial score (nSPS) is 21.2. The first-order valence-corrected chi connectivity index (χ1v) is 7.64. The lowest BCUT2D eigenvalue weighted by molar-refractivity contribution is -0.136. The van der Waals surface area contributed by atoms with Gasteiger partial charge in [-0.2, -0.15) is 0 Å². The number of likely N-dealkylation sites (tertiary alicyclic amines) is 1. The van der Waals surface area contributed by atoms with Gasteiger partial charge in [0.1, 0.15) is 17.6 Å². The Balaban J connectivity index is 1.87. The molecule has 0 spiro atoms. The third-order valence-corrected chi connectivity index (χ3v) is 4.50. The van der Waals surface area contributed by atoms with Crippen molar-refractivity contribution in [3.63, 3.8) is 0 Å². The molecule has 0 aromatic carbocycles. The van der Waals surface area contributed by atoms with Crippen LogP contribution in [0.15, 0.2) is 6.07 Å². The number of anilines is 1. The van der Waals surface area contributed by atoms with Crippen molar-refractivity contribution in [3.05, 3.63) is 22.9 Å². The SMILES string of the molecule is COC1CCN(Cc2cc3c(nc2C=O)N(C)CCC3)C1=O. The highest BCUT2D eigenvalue weighted by Gasteiger charge is 2.32. The Morgan fingerprint density at radius 1 is 1.45 bits per heavy atom. The standard InChI is InChI=1S/C16H21N3O3/c1-18-6-3-4-11-8-12(13(10-20)17-15(11)18)9-19-7-5-14(22-2)16(19)21/h8,10,14H,3-7,9H2,1-2H3. The molecule has 0 radical (unpaired) electrons. The molecule has 3 rings (SSSR count). The largest absolute Gasteiger partial charge is 0.372 e. The fourth-order valence-corrected chi connectivity index (χ4v) is 3.25. The van der Waals surface area contributed by atoms with Crippen LogP contribution in [0.5, 0.6) is 0 Å². The summed E-state index contributed by atoms with van der Waals surface area (Å²) in [5.41, 5.74) is 2.42. The fourth-order valence-electron chi connectivity index (χ4n) is 3.25. The summed E-state index contributed by atoms with van der Waals surface area (Å²) in [6.45, 7) is 2.04. The first-order valence-electron chi connectivity index (χ1n) is 7.64. The number of nitrogens with zero attached hydrogens (tertiary/aromatic N) is 3. The average Bonchev–Trinajstić information content (AvgIpc) is 2.87. The van der Waals surface area contributed by atoms with Crippen molar-refractivity contribution < 1.29 is 14.3 Å². The van der Waals surface area contributed by atoms with E-state index in [0.717, 1.165) is 42.6 Å². The van der Waals surface area contributed by atoms with Gasteiger partial charge in [0, 0.05) is 45.8 Å². The smallest absolute Gasteiger partial charge is 0.252 e. The third kappa shape index (κ3) is 2.59. The molecule has 0 bridgehead atoms. The van der Waals surface area contributed by atoms with E-state index in [0.29, 0.717) is 25.2 Å². The van der Waals surface area contributed by atoms with Crippen LogP contribution in [0, 0.1) is 0 Å². The van der Waals surface area contributed by atoms with Gasteiger partial charge in [0.05, 0.1) is 0 Å². The van der Waals surface area contributed by atoms with Gasteiger partial charge in [-0.25, -0.2) is 4.98 Å². The lowest BCUT2D eigenvalue weighted by atomic mass is 10.0. The summed E-state index contributed by atoms with van der Waals surface area (Å²) < 4.78 is 5.17. The van der Waals surface area contributed by atoms with Crippen LogP contribution in [0.4, 0.5) is 5.82 Å². The minimum Gasteiger partial charge on any atom is -0.372 e. The number of ether oxygens (including phenoxy) is 1. The molecule has 6 heteroatoms. The topological polar surface area (TPSA) is 62.7 Å². The van der Waals surface area contributed by atoms with Crippen LogP contribution < -0.4 is 4.90 Å². The number of aryl methyl sites for hydroxylation is 1. The van der Waals surface area contributed by atoms with E-state index >= 15 is 0 Å². The predicted octanol–water partition coefficient (Wildman–Crippen LogP) is 1.02. The van der Waals surface area contributed by atoms with Crippen LogP contribution in [0.1, 0.15) is 34.5 Å². The molecular weight excluding hydrogens is 282 g/mol. The first-order chi connectivity index (χ1) is 10.6. The van der Waals surface area contributed by atoms with E-state index in [2.05, 4.69) is 9.88 Å². The highest BCUT2D eigenvalue weighted by molar-refractivity contribution is 5.83. The zero-order valence-electron chi connectivity index (χ0n) is 13.0. The Kier molecular flexibility index (Phi) is 4.11. The van der Waals surface area contributed by atoms with E-state index in [1.165, 1.54) is 0 Å². The summed E-state index contributed by atoms with van der Waals surface area (Å²) in [6.07, 6.45) is 3.18. The number of pyridine rings is 1. The van der Waals surface area contributed by atoms with Gasteiger partial charge in [-0.3, -0.25) is 9.59 Å². The molecule has 6 nitrogen and oxygen atoms in total. The maximum atomic E-state index is 12.2. The summed E-state index contributed by atoms with van der Waals surface area (Å²) >= 11 is 0. The number of rotatable bonds is 4. The van der Waals surface area contributed by atoms with Crippen molar-refractivity contribution in [1.82, 2.24) is 9.88 Å². The van der Waals surface area contributed by atoms with Crippen LogP contribution in [0.3, 0.4) is 0 Å². The summed E-state index contributed by atoms with van der Waals surface area (Å²) in [5.74, 6) is 0.883. The Bertz CT molecular complexity index is 603. The zero-order chi connectivity index (χ0) is 15.7. The van der Waals surface area contributed by atoms with E-state index in [4.69, 9.17) is 4.74 Å². The number of hydrogen-bond donors (Lipinski definition) is 0. The average molecular weight is 303 g/mol. The zero-order valence-corrected chi connectivity index (χ0v) is 13.0. The van der Waals surface area contributed by atoms with Gasteiger partial charge >= 0.3 is 0 Å². The number of amides is 1. The second kappa shape index (κ2) is 6.04. The predicted molar refractivity (Wildman–Crippen MR) is 82.0 cm³/mol. The van der Waals surface area contributed by atoms with Gasteiger partial charge < -0.3 is 14.5 Å². The molecule has 1 atom stereocenters. The molecule has 22 heavy (non-hydrogen) atoms. The van der Waals surface area contributed by atoms with Gasteiger partial charge in [0.25, 0.3) is 5.91 Å². The summed E-state index contributed by atoms with van der Waals surface area (Å²) in [4.78, 5) is 31.9. The highest BCUT2D eigenvalue weighted by atomic mass is 16.5. The van der Waals surface area contributed by atoms with Gasteiger partial charge in [-0.1, -0.05) is 0 Å². The Labute approximate surface area is 130 Å². The number of carbonyl (C=O) groups is 2. The molecule has 0 saturated carbocycles. The molecule has 2 aliphatic heterocycles. The van der Waals surface area contributed by atoms with Crippen molar-refractivity contribution in [2.45, 2.75) is 31.9 Å². The molecule has 1 unspecified atom stereocenters. The molecule has 1 aromatic rings. The first kappa shape index (κ1) is 15.0. The van der Waals surface area contributed by atoms with Crippen LogP contribution in [-0.4, -0.2) is 55.4 Å². The molecule has 1 fully saturated rings. The molecule has 0 aliphatic carbocycles. The minimum absolute atomic E-state index is 0.00538. The number of fused-ring (bicyclic) bond motifs is 1. The summed E-state index contributed by atoms with van der Waals surface area (Å²) in [7, 11) is 3.55. The van der Waals surface area contributed by atoms with Crippen LogP contribution >= 0.6 is 0 Å². The molecule has 1 amide bonds. The number of aldehydes is 1. The molecule has 3 heterocycles. The van der Waals surface area contributed by atoms with Crippen molar-refractivity contribution in [1.29, 1.82) is 0 Å². The second-order valence-corrected chi connectivity index (χ2v) is 5.93. The molecule has 1 aromatic heterocycles. The number of aromatic nitrogens is 1. The molecule has 2 aliphatic rings. The molecular formula is C16H21N3O3. The minimum atomic E-state index is -0.351. The van der Waals surface area contributed by atoms with E-state index in [9.17, 15) is 9.59 Å². The highest BCUT2D eigenvalue weighted by Crippen LogP contribution is 2.27. The van der Waals surface area contributed by atoms with Gasteiger partial charge in [-0.05, 0) is 24.5 Å². The van der Waals surface area contributed by atoms with Gasteiger partial charge in [0.2, 0.25) is 0 Å². The van der Waals surface area contributed by atoms with Crippen molar-refractivity contribution in [3.8, 4) is 0 Å². The second-order valence-electron chi connectivity index (χ2n) is 5.93. The number of carbonyl (C=O) groups excluding carboxylic acids is 2.